The summed E-state index contributed by atoms with van der Waals surface area (Å²) in [6.07, 6.45) is -4.56. The molecule has 0 aliphatic carbocycles. The molecule has 0 saturated carbocycles. The summed E-state index contributed by atoms with van der Waals surface area (Å²) >= 11 is 3.25. The van der Waals surface area contributed by atoms with Crippen LogP contribution in [0.2, 0.25) is 0 Å². The Morgan fingerprint density at radius 2 is 2.05 bits per heavy atom. The Hall–Kier alpha value is -1.54. The number of pyridine rings is 1. The first-order valence-corrected chi connectivity index (χ1v) is 5.89. The number of nitrogens with two attached hydrogens (primary N) is 1. The van der Waals surface area contributed by atoms with Gasteiger partial charge in [-0.2, -0.15) is 13.2 Å². The first-order valence-electron chi connectivity index (χ1n) is 5.09. The second-order valence-electron chi connectivity index (χ2n) is 3.67. The molecule has 0 saturated heterocycles. The second kappa shape index (κ2) is 4.86. The molecule has 0 unspecified atom stereocenters. The van der Waals surface area contributed by atoms with Gasteiger partial charge >= 0.3 is 6.18 Å². The maximum Gasteiger partial charge on any atom is 0.433 e. The van der Waals surface area contributed by atoms with Crippen LogP contribution in [0.3, 0.4) is 0 Å². The van der Waals surface area contributed by atoms with Gasteiger partial charge in [0.05, 0.1) is 12.8 Å². The van der Waals surface area contributed by atoms with E-state index in [1.54, 1.807) is 6.07 Å². The fourth-order valence-electron chi connectivity index (χ4n) is 1.70. The summed E-state index contributed by atoms with van der Waals surface area (Å²) in [5.41, 5.74) is 1.41. The van der Waals surface area contributed by atoms with Crippen LogP contribution >= 0.6 is 15.9 Å². The lowest BCUT2D eigenvalue weighted by atomic mass is 10.1. The van der Waals surface area contributed by atoms with Crippen LogP contribution in [0.15, 0.2) is 22.7 Å². The van der Waals surface area contributed by atoms with Crippen LogP contribution in [0.25, 0.3) is 10.9 Å². The van der Waals surface area contributed by atoms with Crippen LogP contribution < -0.4 is 16.0 Å². The zero-order valence-corrected chi connectivity index (χ0v) is 11.3. The zero-order chi connectivity index (χ0) is 14.2. The van der Waals surface area contributed by atoms with E-state index in [0.29, 0.717) is 9.86 Å². The fraction of sp³-hybridized carbons (Fsp3) is 0.182. The molecule has 8 heteroatoms. The van der Waals surface area contributed by atoms with E-state index >= 15 is 0 Å². The molecule has 2 rings (SSSR count). The van der Waals surface area contributed by atoms with Gasteiger partial charge in [0, 0.05) is 9.86 Å². The van der Waals surface area contributed by atoms with E-state index in [4.69, 9.17) is 10.6 Å². The van der Waals surface area contributed by atoms with E-state index in [2.05, 4.69) is 26.3 Å². The van der Waals surface area contributed by atoms with Gasteiger partial charge in [-0.05, 0) is 18.2 Å². The highest BCUT2D eigenvalue weighted by molar-refractivity contribution is 9.10. The molecule has 1 aromatic heterocycles. The number of benzene rings is 1. The Labute approximate surface area is 114 Å². The molecule has 0 spiro atoms. The molecular weight excluding hydrogens is 327 g/mol. The minimum atomic E-state index is -4.56. The molecule has 2 aromatic rings. The van der Waals surface area contributed by atoms with Gasteiger partial charge in [-0.25, -0.2) is 4.98 Å². The normalized spacial score (nSPS) is 11.7. The Balaban J connectivity index is 2.88. The van der Waals surface area contributed by atoms with Gasteiger partial charge in [-0.1, -0.05) is 15.9 Å². The number of nitrogen functional groups attached to an aromatic ring is 1. The van der Waals surface area contributed by atoms with Gasteiger partial charge < -0.3 is 10.2 Å². The Morgan fingerprint density at radius 3 is 2.58 bits per heavy atom. The predicted molar refractivity (Wildman–Crippen MR) is 68.8 cm³/mol. The zero-order valence-electron chi connectivity index (χ0n) is 9.68. The summed E-state index contributed by atoms with van der Waals surface area (Å²) < 4.78 is 44.0. The van der Waals surface area contributed by atoms with Crippen LogP contribution in [0.4, 0.5) is 18.9 Å². The van der Waals surface area contributed by atoms with E-state index in [1.807, 2.05) is 0 Å². The summed E-state index contributed by atoms with van der Waals surface area (Å²) in [4.78, 5) is 3.61. The van der Waals surface area contributed by atoms with E-state index in [0.717, 1.165) is 6.07 Å². The fourth-order valence-corrected chi connectivity index (χ4v) is 2.23. The number of aromatic nitrogens is 1. The number of methoxy groups -OCH3 is 1. The third-order valence-corrected chi connectivity index (χ3v) is 3.20. The number of nitrogens with one attached hydrogen (secondary N) is 1. The maximum atomic E-state index is 12.8. The molecule has 0 atom stereocenters. The van der Waals surface area contributed by atoms with Crippen molar-refractivity contribution in [3.63, 3.8) is 0 Å². The van der Waals surface area contributed by atoms with Crippen molar-refractivity contribution in [1.29, 1.82) is 0 Å². The van der Waals surface area contributed by atoms with Gasteiger partial charge in [0.25, 0.3) is 0 Å². The monoisotopic (exact) mass is 335 g/mol. The van der Waals surface area contributed by atoms with E-state index in [1.165, 1.54) is 13.2 Å². The van der Waals surface area contributed by atoms with E-state index in [9.17, 15) is 13.2 Å². The summed E-state index contributed by atoms with van der Waals surface area (Å²) in [6, 6.07) is 4.03. The van der Waals surface area contributed by atoms with E-state index < -0.39 is 11.9 Å². The molecule has 102 valence electrons. The molecule has 1 aromatic carbocycles. The smallest absolute Gasteiger partial charge is 0.433 e. The highest BCUT2D eigenvalue weighted by Gasteiger charge is 2.34. The van der Waals surface area contributed by atoms with Gasteiger partial charge in [0.1, 0.15) is 17.0 Å². The van der Waals surface area contributed by atoms with Crippen LogP contribution in [0.1, 0.15) is 5.69 Å². The lowest BCUT2D eigenvalue weighted by Crippen LogP contribution is -2.13. The largest absolute Gasteiger partial charge is 0.494 e. The Morgan fingerprint density at radius 1 is 1.37 bits per heavy atom. The van der Waals surface area contributed by atoms with Crippen molar-refractivity contribution in [3.05, 3.63) is 28.4 Å². The number of fused-ring (bicyclic) bond motifs is 1. The topological polar surface area (TPSA) is 60.2 Å². The van der Waals surface area contributed by atoms with Crippen molar-refractivity contribution in [3.8, 4) is 5.75 Å². The van der Waals surface area contributed by atoms with Crippen LogP contribution in [0, 0.1) is 0 Å². The molecule has 0 fully saturated rings. The number of halogens is 4. The van der Waals surface area contributed by atoms with Crippen LogP contribution in [0.5, 0.6) is 5.75 Å². The number of alkyl halides is 3. The first kappa shape index (κ1) is 13.9. The molecule has 0 aliphatic rings. The van der Waals surface area contributed by atoms with E-state index in [-0.39, 0.29) is 17.0 Å². The molecular formula is C11H9BrF3N3O. The molecule has 0 radical (unpaired) electrons. The molecule has 0 amide bonds. The average molecular weight is 336 g/mol. The van der Waals surface area contributed by atoms with Crippen molar-refractivity contribution in [1.82, 2.24) is 4.98 Å². The molecule has 19 heavy (non-hydrogen) atoms. The summed E-state index contributed by atoms with van der Waals surface area (Å²) in [7, 11) is 1.36. The quantitative estimate of drug-likeness (QED) is 0.653. The average Bonchev–Trinajstić information content (AvgIpc) is 2.37. The highest BCUT2D eigenvalue weighted by atomic mass is 79.9. The number of hydrogen-bond acceptors (Lipinski definition) is 4. The SMILES string of the molecule is COc1ccc(Br)c2c(NN)cc(C(F)(F)F)nc12. The number of hydrazine groups is 1. The number of hydrogen-bond donors (Lipinski definition) is 2. The second-order valence-corrected chi connectivity index (χ2v) is 4.52. The van der Waals surface area contributed by atoms with Crippen LogP contribution in [-0.4, -0.2) is 12.1 Å². The third kappa shape index (κ3) is 2.45. The van der Waals surface area contributed by atoms with Gasteiger partial charge in [-0.3, -0.25) is 5.84 Å². The summed E-state index contributed by atoms with van der Waals surface area (Å²) in [6.45, 7) is 0. The van der Waals surface area contributed by atoms with Gasteiger partial charge in [-0.15, -0.1) is 0 Å². The Kier molecular flexibility index (Phi) is 3.55. The molecule has 1 heterocycles. The van der Waals surface area contributed by atoms with Crippen molar-refractivity contribution >= 4 is 32.5 Å². The number of anilines is 1. The van der Waals surface area contributed by atoms with Crippen molar-refractivity contribution < 1.29 is 17.9 Å². The number of rotatable bonds is 2. The van der Waals surface area contributed by atoms with Crippen molar-refractivity contribution in [2.75, 3.05) is 12.5 Å². The lowest BCUT2D eigenvalue weighted by molar-refractivity contribution is -0.140. The Bertz CT molecular complexity index is 631. The number of nitrogens with zero attached hydrogens (tertiary/aromatic N) is 1. The predicted octanol–water partition coefficient (Wildman–Crippen LogP) is 3.31. The molecule has 4 nitrogen and oxygen atoms in total. The summed E-state index contributed by atoms with van der Waals surface area (Å²) in [5, 5.41) is 0.426. The minimum Gasteiger partial charge on any atom is -0.494 e. The van der Waals surface area contributed by atoms with Gasteiger partial charge in [0.15, 0.2) is 0 Å². The molecule has 0 aliphatic heterocycles. The summed E-state index contributed by atoms with van der Waals surface area (Å²) in [5.74, 6) is 5.52. The minimum absolute atomic E-state index is 0.0830. The first-order chi connectivity index (χ1) is 8.88. The standard InChI is InChI=1S/C11H9BrF3N3O/c1-19-7-3-2-5(12)9-6(18-16)4-8(11(13,14)15)17-10(7)9/h2-4H,16H2,1H3,(H,17,18). The van der Waals surface area contributed by atoms with Crippen molar-refractivity contribution in [2.45, 2.75) is 6.18 Å². The van der Waals surface area contributed by atoms with Crippen molar-refractivity contribution in [2.24, 2.45) is 5.84 Å². The van der Waals surface area contributed by atoms with Gasteiger partial charge in [0.2, 0.25) is 0 Å². The third-order valence-electron chi connectivity index (χ3n) is 2.54. The lowest BCUT2D eigenvalue weighted by Gasteiger charge is -2.14. The number of ether oxygens (including phenoxy) is 1. The highest BCUT2D eigenvalue weighted by Crippen LogP contribution is 2.39. The maximum absolute atomic E-state index is 12.8. The molecule has 0 bridgehead atoms. The van der Waals surface area contributed by atoms with Crippen LogP contribution in [-0.2, 0) is 6.18 Å². The molecule has 3 N–H and O–H groups in total.